The molecule has 0 atom stereocenters. The van der Waals surface area contributed by atoms with Gasteiger partial charge in [0.2, 0.25) is 0 Å². The lowest BCUT2D eigenvalue weighted by molar-refractivity contribution is -0.384. The number of hydrogen-bond acceptors (Lipinski definition) is 8. The molecule has 1 heterocycles. The van der Waals surface area contributed by atoms with Crippen LogP contribution in [0.2, 0.25) is 0 Å². The van der Waals surface area contributed by atoms with Crippen LogP contribution in [0.3, 0.4) is 0 Å². The maximum absolute atomic E-state index is 12.6. The molecule has 0 spiro atoms. The lowest BCUT2D eigenvalue weighted by Crippen LogP contribution is -2.33. The molecule has 1 saturated heterocycles. The number of hydrogen-bond donors (Lipinski definition) is 1. The number of thioether (sulfide) groups is 1. The van der Waals surface area contributed by atoms with Crippen LogP contribution in [0.1, 0.15) is 5.56 Å². The fraction of sp³-hybridized carbons (Fsp3) is 0.158. The van der Waals surface area contributed by atoms with Crippen LogP contribution < -0.4 is 14.8 Å². The van der Waals surface area contributed by atoms with Crippen molar-refractivity contribution >= 4 is 40.4 Å². The van der Waals surface area contributed by atoms with Crippen molar-refractivity contribution in [3.8, 4) is 11.5 Å². The number of carbonyl (C=O) groups is 2. The number of nitrogens with one attached hydrogen (secondary N) is 1. The van der Waals surface area contributed by atoms with Crippen molar-refractivity contribution in [3.63, 3.8) is 0 Å². The predicted molar refractivity (Wildman–Crippen MR) is 109 cm³/mol. The molecule has 1 fully saturated rings. The zero-order valence-corrected chi connectivity index (χ0v) is 16.4. The molecule has 1 N–H and O–H groups in total. The highest BCUT2D eigenvalue weighted by molar-refractivity contribution is 8.18. The molecular formula is C19H17N3O6S. The van der Waals surface area contributed by atoms with Gasteiger partial charge in [0, 0.05) is 29.4 Å². The Morgan fingerprint density at radius 1 is 1.17 bits per heavy atom. The molecule has 29 heavy (non-hydrogen) atoms. The van der Waals surface area contributed by atoms with Crippen molar-refractivity contribution in [3.05, 3.63) is 63.0 Å². The molecule has 2 aromatic rings. The number of ether oxygens (including phenoxy) is 2. The van der Waals surface area contributed by atoms with E-state index in [1.807, 2.05) is 0 Å². The average molecular weight is 415 g/mol. The molecule has 0 radical (unpaired) electrons. The van der Waals surface area contributed by atoms with Crippen molar-refractivity contribution in [2.75, 3.05) is 26.2 Å². The van der Waals surface area contributed by atoms with Crippen molar-refractivity contribution in [2.24, 2.45) is 0 Å². The van der Waals surface area contributed by atoms with Gasteiger partial charge in [0.1, 0.15) is 11.5 Å². The topological polar surface area (TPSA) is 111 Å². The lowest BCUT2D eigenvalue weighted by Gasteiger charge is -2.14. The van der Waals surface area contributed by atoms with Gasteiger partial charge in [-0.15, -0.1) is 0 Å². The predicted octanol–water partition coefficient (Wildman–Crippen LogP) is 3.72. The van der Waals surface area contributed by atoms with Gasteiger partial charge in [-0.25, -0.2) is 0 Å². The van der Waals surface area contributed by atoms with Crippen LogP contribution in [0.15, 0.2) is 47.4 Å². The first-order chi connectivity index (χ1) is 13.9. The highest BCUT2D eigenvalue weighted by atomic mass is 32.2. The summed E-state index contributed by atoms with van der Waals surface area (Å²) in [6.07, 6.45) is 1.58. The number of non-ortho nitro benzene ring substituents is 1. The number of amides is 2. The summed E-state index contributed by atoms with van der Waals surface area (Å²) in [5, 5.41) is 13.3. The van der Waals surface area contributed by atoms with Gasteiger partial charge in [-0.1, -0.05) is 6.07 Å². The molecule has 10 heteroatoms. The molecule has 0 bridgehead atoms. The number of rotatable bonds is 7. The minimum Gasteiger partial charge on any atom is -0.497 e. The highest BCUT2D eigenvalue weighted by Crippen LogP contribution is 2.35. The molecule has 0 aliphatic carbocycles. The van der Waals surface area contributed by atoms with E-state index in [0.717, 1.165) is 16.7 Å². The van der Waals surface area contributed by atoms with Gasteiger partial charge < -0.3 is 14.8 Å². The summed E-state index contributed by atoms with van der Waals surface area (Å²) in [5.74, 6) is 0.648. The van der Waals surface area contributed by atoms with Gasteiger partial charge in [0.25, 0.3) is 16.8 Å². The van der Waals surface area contributed by atoms with E-state index in [-0.39, 0.29) is 17.3 Å². The zero-order chi connectivity index (χ0) is 21.0. The SMILES string of the molecule is COc1ccc(/C=C2/SC(=O)N(CNc3cccc([N+](=O)[O-])c3)C2=O)c(OC)c1. The van der Waals surface area contributed by atoms with Crippen molar-refractivity contribution in [1.29, 1.82) is 0 Å². The second kappa shape index (κ2) is 8.65. The molecule has 150 valence electrons. The quantitative estimate of drug-likeness (QED) is 0.414. The summed E-state index contributed by atoms with van der Waals surface area (Å²) >= 11 is 0.812. The van der Waals surface area contributed by atoms with Gasteiger partial charge in [-0.3, -0.25) is 24.6 Å². The molecule has 1 aliphatic heterocycles. The van der Waals surface area contributed by atoms with Gasteiger partial charge in [-0.05, 0) is 36.0 Å². The largest absolute Gasteiger partial charge is 0.497 e. The standard InChI is InChI=1S/C19H17N3O6S/c1-27-15-7-6-12(16(10-15)28-2)8-17-18(23)21(19(24)29-17)11-20-13-4-3-5-14(9-13)22(25)26/h3-10,20H,11H2,1-2H3/b17-8+. The molecule has 2 amide bonds. The third-order valence-corrected chi connectivity index (χ3v) is 5.01. The van der Waals surface area contributed by atoms with Gasteiger partial charge in [-0.2, -0.15) is 0 Å². The average Bonchev–Trinajstić information content (AvgIpc) is 2.99. The van der Waals surface area contributed by atoms with E-state index in [1.54, 1.807) is 30.3 Å². The number of imide groups is 1. The second-order valence-corrected chi connectivity index (χ2v) is 6.85. The van der Waals surface area contributed by atoms with Crippen molar-refractivity contribution < 1.29 is 24.0 Å². The number of nitro groups is 1. The summed E-state index contributed by atoms with van der Waals surface area (Å²) in [4.78, 5) is 36.5. The Hall–Kier alpha value is -3.53. The van der Waals surface area contributed by atoms with E-state index in [0.29, 0.717) is 22.7 Å². The summed E-state index contributed by atoms with van der Waals surface area (Å²) in [6, 6.07) is 11.0. The fourth-order valence-electron chi connectivity index (χ4n) is 2.61. The first kappa shape index (κ1) is 20.2. The van der Waals surface area contributed by atoms with E-state index in [1.165, 1.54) is 32.4 Å². The Labute approximate surface area is 170 Å². The maximum Gasteiger partial charge on any atom is 0.295 e. The Bertz CT molecular complexity index is 1010. The molecule has 0 saturated carbocycles. The molecule has 2 aromatic carbocycles. The minimum absolute atomic E-state index is 0.0874. The normalized spacial score (nSPS) is 15.0. The van der Waals surface area contributed by atoms with Gasteiger partial charge >= 0.3 is 0 Å². The third-order valence-electron chi connectivity index (χ3n) is 4.10. The lowest BCUT2D eigenvalue weighted by atomic mass is 10.1. The molecule has 1 aliphatic rings. The summed E-state index contributed by atoms with van der Waals surface area (Å²) < 4.78 is 10.5. The smallest absolute Gasteiger partial charge is 0.295 e. The fourth-order valence-corrected chi connectivity index (χ4v) is 3.44. The summed E-state index contributed by atoms with van der Waals surface area (Å²) in [7, 11) is 3.04. The van der Waals surface area contributed by atoms with Crippen LogP contribution in [0, 0.1) is 10.1 Å². The Kier molecular flexibility index (Phi) is 6.03. The number of benzene rings is 2. The van der Waals surface area contributed by atoms with E-state index in [2.05, 4.69) is 5.32 Å². The molecular weight excluding hydrogens is 398 g/mol. The highest BCUT2D eigenvalue weighted by Gasteiger charge is 2.35. The number of anilines is 1. The Morgan fingerprint density at radius 2 is 1.97 bits per heavy atom. The Morgan fingerprint density at radius 3 is 2.66 bits per heavy atom. The van der Waals surface area contributed by atoms with Gasteiger partial charge in [0.05, 0.1) is 30.7 Å². The van der Waals surface area contributed by atoms with Crippen LogP contribution in [0.4, 0.5) is 16.2 Å². The van der Waals surface area contributed by atoms with E-state index in [9.17, 15) is 19.7 Å². The van der Waals surface area contributed by atoms with E-state index in [4.69, 9.17) is 9.47 Å². The van der Waals surface area contributed by atoms with Crippen LogP contribution in [0.25, 0.3) is 6.08 Å². The molecule has 3 rings (SSSR count). The number of nitrogens with zero attached hydrogens (tertiary/aromatic N) is 2. The summed E-state index contributed by atoms with van der Waals surface area (Å²) in [6.45, 7) is -0.108. The van der Waals surface area contributed by atoms with Crippen molar-refractivity contribution in [1.82, 2.24) is 4.90 Å². The summed E-state index contributed by atoms with van der Waals surface area (Å²) in [5.41, 5.74) is 0.972. The van der Waals surface area contributed by atoms with E-state index < -0.39 is 16.1 Å². The Balaban J connectivity index is 1.75. The van der Waals surface area contributed by atoms with Crippen LogP contribution in [0.5, 0.6) is 11.5 Å². The second-order valence-electron chi connectivity index (χ2n) is 5.86. The molecule has 0 unspecified atom stereocenters. The first-order valence-electron chi connectivity index (χ1n) is 8.38. The number of nitro benzene ring substituents is 1. The molecule has 9 nitrogen and oxygen atoms in total. The first-order valence-corrected chi connectivity index (χ1v) is 9.20. The molecule has 0 aromatic heterocycles. The number of methoxy groups -OCH3 is 2. The maximum atomic E-state index is 12.6. The van der Waals surface area contributed by atoms with Crippen LogP contribution in [-0.2, 0) is 4.79 Å². The zero-order valence-electron chi connectivity index (χ0n) is 15.6. The van der Waals surface area contributed by atoms with Crippen molar-refractivity contribution in [2.45, 2.75) is 0 Å². The number of carbonyl (C=O) groups excluding carboxylic acids is 2. The minimum atomic E-state index is -0.518. The van der Waals surface area contributed by atoms with Gasteiger partial charge in [0.15, 0.2) is 0 Å². The van der Waals surface area contributed by atoms with E-state index >= 15 is 0 Å². The third kappa shape index (κ3) is 4.49. The van der Waals surface area contributed by atoms with Crippen LogP contribution >= 0.6 is 11.8 Å². The van der Waals surface area contributed by atoms with Crippen LogP contribution in [-0.4, -0.2) is 41.9 Å². The monoisotopic (exact) mass is 415 g/mol.